The summed E-state index contributed by atoms with van der Waals surface area (Å²) in [4.78, 5) is 24.5. The molecular formula is C18H28O5. The second kappa shape index (κ2) is 5.20. The summed E-state index contributed by atoms with van der Waals surface area (Å²) >= 11 is 0. The molecule has 4 bridgehead atoms. The van der Waals surface area contributed by atoms with Gasteiger partial charge in [-0.15, -0.1) is 0 Å². The first-order valence-corrected chi connectivity index (χ1v) is 8.50. The number of esters is 2. The molecule has 5 nitrogen and oxygen atoms in total. The minimum atomic E-state index is -1.45. The number of aliphatic hydroxyl groups is 1. The maximum Gasteiger partial charge on any atom is 0.335 e. The van der Waals surface area contributed by atoms with E-state index in [0.29, 0.717) is 5.92 Å². The van der Waals surface area contributed by atoms with Gasteiger partial charge in [0.05, 0.1) is 20.1 Å². The Labute approximate surface area is 137 Å². The summed E-state index contributed by atoms with van der Waals surface area (Å²) in [5, 5.41) is 10.5. The summed E-state index contributed by atoms with van der Waals surface area (Å²) in [6.45, 7) is 4.59. The van der Waals surface area contributed by atoms with Gasteiger partial charge in [-0.05, 0) is 60.7 Å². The summed E-state index contributed by atoms with van der Waals surface area (Å²) in [7, 11) is 2.56. The number of carbonyl (C=O) groups excluding carboxylic acids is 2. The van der Waals surface area contributed by atoms with Crippen LogP contribution < -0.4 is 0 Å². The normalized spacial score (nSPS) is 43.8. The molecule has 0 aromatic rings. The van der Waals surface area contributed by atoms with E-state index < -0.39 is 24.0 Å². The number of rotatable bonds is 4. The van der Waals surface area contributed by atoms with Crippen molar-refractivity contribution in [2.75, 3.05) is 14.2 Å². The lowest BCUT2D eigenvalue weighted by molar-refractivity contribution is -0.203. The van der Waals surface area contributed by atoms with Crippen LogP contribution in [-0.4, -0.2) is 37.4 Å². The number of methoxy groups -OCH3 is 2. The van der Waals surface area contributed by atoms with Gasteiger partial charge >= 0.3 is 11.9 Å². The van der Waals surface area contributed by atoms with Gasteiger partial charge < -0.3 is 14.6 Å². The van der Waals surface area contributed by atoms with Crippen LogP contribution >= 0.6 is 0 Å². The van der Waals surface area contributed by atoms with Crippen molar-refractivity contribution in [2.45, 2.75) is 58.5 Å². The zero-order chi connectivity index (χ0) is 17.0. The van der Waals surface area contributed by atoms with Crippen LogP contribution in [0.1, 0.15) is 52.4 Å². The van der Waals surface area contributed by atoms with Gasteiger partial charge in [-0.2, -0.15) is 0 Å². The van der Waals surface area contributed by atoms with Crippen molar-refractivity contribution in [3.8, 4) is 0 Å². The van der Waals surface area contributed by atoms with Crippen LogP contribution in [0, 0.1) is 28.1 Å². The number of hydrogen-bond donors (Lipinski definition) is 1. The van der Waals surface area contributed by atoms with Gasteiger partial charge in [0.15, 0.2) is 6.10 Å². The standard InChI is InChI=1S/C18H28O5/c1-16-5-11-6-17(2,8-16)10-18(7-11,9-16)12(14(20)22-3)13(19)15(21)23-4/h11-13,19H,5-10H2,1-4H3. The molecule has 0 radical (unpaired) electrons. The van der Waals surface area contributed by atoms with E-state index in [2.05, 4.69) is 13.8 Å². The van der Waals surface area contributed by atoms with E-state index in [0.717, 1.165) is 19.3 Å². The maximum atomic E-state index is 12.5. The predicted molar refractivity (Wildman–Crippen MR) is 83.4 cm³/mol. The fraction of sp³-hybridized carbons (Fsp3) is 0.889. The molecule has 0 amide bonds. The Bertz CT molecular complexity index is 510. The highest BCUT2D eigenvalue weighted by molar-refractivity contribution is 5.84. The Balaban J connectivity index is 2.01. The molecule has 4 aliphatic rings. The molecule has 4 rings (SSSR count). The zero-order valence-corrected chi connectivity index (χ0v) is 14.6. The third-order valence-corrected chi connectivity index (χ3v) is 6.54. The van der Waals surface area contributed by atoms with Crippen LogP contribution in [0.3, 0.4) is 0 Å². The third kappa shape index (κ3) is 2.57. The second-order valence-electron chi connectivity index (χ2n) is 8.96. The summed E-state index contributed by atoms with van der Waals surface area (Å²) in [5.74, 6) is -1.50. The second-order valence-corrected chi connectivity index (χ2v) is 8.96. The lowest BCUT2D eigenvalue weighted by Gasteiger charge is -2.67. The summed E-state index contributed by atoms with van der Waals surface area (Å²) in [5.41, 5.74) is 0.0240. The predicted octanol–water partition coefficient (Wildman–Crippen LogP) is 2.31. The highest BCUT2D eigenvalue weighted by atomic mass is 16.5. The lowest BCUT2D eigenvalue weighted by Crippen LogP contribution is -2.61. The van der Waals surface area contributed by atoms with E-state index in [1.807, 2.05) is 0 Å². The number of aliphatic hydroxyl groups excluding tert-OH is 1. The Morgan fingerprint density at radius 3 is 1.91 bits per heavy atom. The van der Waals surface area contributed by atoms with Crippen molar-refractivity contribution in [1.29, 1.82) is 0 Å². The van der Waals surface area contributed by atoms with Gasteiger partial charge in [-0.3, -0.25) is 4.79 Å². The first-order valence-electron chi connectivity index (χ1n) is 8.50. The van der Waals surface area contributed by atoms with Crippen LogP contribution in [-0.2, 0) is 19.1 Å². The molecule has 4 aliphatic carbocycles. The first-order chi connectivity index (χ1) is 10.7. The van der Waals surface area contributed by atoms with Crippen molar-refractivity contribution in [3.63, 3.8) is 0 Å². The molecule has 23 heavy (non-hydrogen) atoms. The van der Waals surface area contributed by atoms with Crippen molar-refractivity contribution in [1.82, 2.24) is 0 Å². The Kier molecular flexibility index (Phi) is 3.79. The Hall–Kier alpha value is -1.10. The molecule has 0 aliphatic heterocycles. The summed E-state index contributed by atoms with van der Waals surface area (Å²) in [6.07, 6.45) is 4.74. The van der Waals surface area contributed by atoms with Crippen molar-refractivity contribution in [3.05, 3.63) is 0 Å². The topological polar surface area (TPSA) is 72.8 Å². The molecule has 0 aromatic heterocycles. The fourth-order valence-corrected chi connectivity index (χ4v) is 6.98. The summed E-state index contributed by atoms with van der Waals surface area (Å²) < 4.78 is 9.68. The highest BCUT2D eigenvalue weighted by Crippen LogP contribution is 2.71. The molecule has 1 N–H and O–H groups in total. The van der Waals surface area contributed by atoms with E-state index in [1.165, 1.54) is 33.5 Å². The quantitative estimate of drug-likeness (QED) is 0.803. The van der Waals surface area contributed by atoms with Crippen molar-refractivity contribution in [2.24, 2.45) is 28.1 Å². The molecule has 0 spiro atoms. The number of ether oxygens (including phenoxy) is 2. The van der Waals surface area contributed by atoms with Gasteiger partial charge in [-0.1, -0.05) is 13.8 Å². The highest BCUT2D eigenvalue weighted by Gasteiger charge is 2.65. The Morgan fingerprint density at radius 1 is 0.957 bits per heavy atom. The molecule has 4 fully saturated rings. The van der Waals surface area contributed by atoms with Gasteiger partial charge in [-0.25, -0.2) is 4.79 Å². The van der Waals surface area contributed by atoms with Crippen LogP contribution in [0.4, 0.5) is 0 Å². The molecule has 0 heterocycles. The lowest BCUT2D eigenvalue weighted by atomic mass is 9.38. The number of hydrogen-bond acceptors (Lipinski definition) is 5. The maximum absolute atomic E-state index is 12.5. The van der Waals surface area contributed by atoms with E-state index in [9.17, 15) is 14.7 Å². The Morgan fingerprint density at radius 2 is 1.48 bits per heavy atom. The third-order valence-electron chi connectivity index (χ3n) is 6.54. The van der Waals surface area contributed by atoms with Crippen molar-refractivity contribution >= 4 is 11.9 Å². The molecular weight excluding hydrogens is 296 g/mol. The molecule has 0 saturated heterocycles. The molecule has 4 atom stereocenters. The average molecular weight is 324 g/mol. The van der Waals surface area contributed by atoms with Crippen LogP contribution in [0.25, 0.3) is 0 Å². The fourth-order valence-electron chi connectivity index (χ4n) is 6.98. The monoisotopic (exact) mass is 324 g/mol. The minimum Gasteiger partial charge on any atom is -0.469 e. The molecule has 130 valence electrons. The van der Waals surface area contributed by atoms with E-state index in [1.54, 1.807) is 0 Å². The first kappa shape index (κ1) is 16.7. The van der Waals surface area contributed by atoms with Gasteiger partial charge in [0, 0.05) is 0 Å². The molecule has 4 unspecified atom stereocenters. The van der Waals surface area contributed by atoms with Gasteiger partial charge in [0.25, 0.3) is 0 Å². The van der Waals surface area contributed by atoms with Crippen molar-refractivity contribution < 1.29 is 24.2 Å². The number of carbonyl (C=O) groups is 2. The SMILES string of the molecule is COC(=O)C(O)C(C(=O)OC)C12CC3CC(C)(CC(C)(C3)C1)C2. The average Bonchev–Trinajstić information content (AvgIpc) is 2.41. The van der Waals surface area contributed by atoms with Gasteiger partial charge in [0.2, 0.25) is 0 Å². The van der Waals surface area contributed by atoms with E-state index in [-0.39, 0.29) is 16.2 Å². The van der Waals surface area contributed by atoms with Gasteiger partial charge in [0.1, 0.15) is 0 Å². The minimum absolute atomic E-state index is 0.191. The smallest absolute Gasteiger partial charge is 0.335 e. The van der Waals surface area contributed by atoms with E-state index in [4.69, 9.17) is 9.47 Å². The van der Waals surface area contributed by atoms with Crippen LogP contribution in [0.2, 0.25) is 0 Å². The largest absolute Gasteiger partial charge is 0.469 e. The van der Waals surface area contributed by atoms with Crippen LogP contribution in [0.5, 0.6) is 0 Å². The summed E-state index contributed by atoms with van der Waals surface area (Å²) in [6, 6.07) is 0. The molecule has 5 heteroatoms. The van der Waals surface area contributed by atoms with Crippen LogP contribution in [0.15, 0.2) is 0 Å². The zero-order valence-electron chi connectivity index (χ0n) is 14.6. The molecule has 4 saturated carbocycles. The molecule has 0 aromatic carbocycles. The van der Waals surface area contributed by atoms with E-state index >= 15 is 0 Å².